The van der Waals surface area contributed by atoms with E-state index in [0.29, 0.717) is 23.1 Å². The number of hydrogen-bond acceptors (Lipinski definition) is 6. The van der Waals surface area contributed by atoms with E-state index in [-0.39, 0.29) is 0 Å². The maximum absolute atomic E-state index is 11.0. The minimum Gasteiger partial charge on any atom is -0.493 e. The largest absolute Gasteiger partial charge is 0.493 e. The molecule has 0 N–H and O–H groups in total. The van der Waals surface area contributed by atoms with Crippen LogP contribution in [0.3, 0.4) is 0 Å². The van der Waals surface area contributed by atoms with E-state index in [4.69, 9.17) is 9.47 Å². The highest BCUT2D eigenvalue weighted by molar-refractivity contribution is 5.81. The molecule has 0 radical (unpaired) electrons. The highest BCUT2D eigenvalue weighted by Crippen LogP contribution is 2.27. The van der Waals surface area contributed by atoms with Crippen LogP contribution in [0.4, 0.5) is 0 Å². The summed E-state index contributed by atoms with van der Waals surface area (Å²) < 4.78 is 11.9. The fraction of sp³-hybridized carbons (Fsp3) is 0.286. The highest BCUT2D eigenvalue weighted by atomic mass is 16.6. The van der Waals surface area contributed by atoms with Gasteiger partial charge in [0.1, 0.15) is 0 Å². The Bertz CT molecular complexity index is 672. The minimum atomic E-state index is -0.398. The molecule has 0 aliphatic carbocycles. The first-order chi connectivity index (χ1) is 10.0. The Balaban J connectivity index is 2.27. The van der Waals surface area contributed by atoms with Gasteiger partial charge in [0.05, 0.1) is 13.3 Å². The molecule has 7 heteroatoms. The van der Waals surface area contributed by atoms with Crippen LogP contribution in [-0.4, -0.2) is 34.2 Å². The molecule has 0 amide bonds. The van der Waals surface area contributed by atoms with Gasteiger partial charge in [-0.05, 0) is 37.6 Å². The van der Waals surface area contributed by atoms with Crippen LogP contribution in [0.1, 0.15) is 24.1 Å². The van der Waals surface area contributed by atoms with E-state index in [1.54, 1.807) is 29.1 Å². The molecule has 1 aromatic carbocycles. The molecule has 0 bridgehead atoms. The zero-order valence-corrected chi connectivity index (χ0v) is 12.3. The average Bonchev–Trinajstić information content (AvgIpc) is 2.76. The summed E-state index contributed by atoms with van der Waals surface area (Å²) in [6.07, 6.45) is 1.66. The second kappa shape index (κ2) is 6.17. The normalized spacial score (nSPS) is 10.9. The van der Waals surface area contributed by atoms with Crippen molar-refractivity contribution >= 4 is 12.2 Å². The van der Waals surface area contributed by atoms with E-state index in [1.165, 1.54) is 14.0 Å². The maximum atomic E-state index is 11.0. The van der Waals surface area contributed by atoms with Gasteiger partial charge in [0.15, 0.2) is 23.1 Å². The van der Waals surface area contributed by atoms with Crippen LogP contribution in [0.15, 0.2) is 23.3 Å². The summed E-state index contributed by atoms with van der Waals surface area (Å²) in [7, 11) is 1.51. The van der Waals surface area contributed by atoms with E-state index < -0.39 is 5.97 Å². The molecule has 2 rings (SSSR count). The highest BCUT2D eigenvalue weighted by Gasteiger charge is 2.07. The Kier molecular flexibility index (Phi) is 4.32. The van der Waals surface area contributed by atoms with Crippen LogP contribution in [0.2, 0.25) is 0 Å². The molecule has 0 aliphatic rings. The number of benzene rings is 1. The van der Waals surface area contributed by atoms with Crippen LogP contribution in [0.25, 0.3) is 0 Å². The van der Waals surface area contributed by atoms with Crippen LogP contribution < -0.4 is 9.47 Å². The molecular weight excluding hydrogens is 272 g/mol. The van der Waals surface area contributed by atoms with Gasteiger partial charge >= 0.3 is 5.97 Å². The number of nitrogens with zero attached hydrogens (tertiary/aromatic N) is 4. The fourth-order valence-corrected chi connectivity index (χ4v) is 1.76. The number of aromatic nitrogens is 3. The zero-order chi connectivity index (χ0) is 15.4. The summed E-state index contributed by atoms with van der Waals surface area (Å²) in [4.78, 5) is 11.0. The molecule has 1 heterocycles. The van der Waals surface area contributed by atoms with Crippen molar-refractivity contribution in [2.75, 3.05) is 7.11 Å². The first kappa shape index (κ1) is 14.7. The third-order valence-corrected chi connectivity index (χ3v) is 2.72. The molecule has 110 valence electrons. The molecule has 0 saturated heterocycles. The minimum absolute atomic E-state index is 0.374. The maximum Gasteiger partial charge on any atom is 0.308 e. The number of aryl methyl sites for hydroxylation is 2. The Morgan fingerprint density at radius 2 is 1.90 bits per heavy atom. The van der Waals surface area contributed by atoms with Crippen molar-refractivity contribution in [3.8, 4) is 11.5 Å². The van der Waals surface area contributed by atoms with Crippen molar-refractivity contribution in [3.05, 3.63) is 35.4 Å². The van der Waals surface area contributed by atoms with Gasteiger partial charge in [-0.25, -0.2) is 4.68 Å². The van der Waals surface area contributed by atoms with Crippen LogP contribution in [0, 0.1) is 13.8 Å². The first-order valence-corrected chi connectivity index (χ1v) is 6.30. The summed E-state index contributed by atoms with van der Waals surface area (Å²) >= 11 is 0. The number of esters is 1. The summed E-state index contributed by atoms with van der Waals surface area (Å²) in [6, 6.07) is 5.17. The topological polar surface area (TPSA) is 78.6 Å². The van der Waals surface area contributed by atoms with E-state index in [1.807, 2.05) is 13.8 Å². The second-order valence-corrected chi connectivity index (χ2v) is 4.35. The lowest BCUT2D eigenvalue weighted by molar-refractivity contribution is -0.132. The van der Waals surface area contributed by atoms with Crippen LogP contribution in [-0.2, 0) is 4.79 Å². The molecule has 1 aromatic heterocycles. The van der Waals surface area contributed by atoms with Crippen LogP contribution >= 0.6 is 0 Å². The molecule has 0 atom stereocenters. The predicted molar refractivity (Wildman–Crippen MR) is 76.8 cm³/mol. The lowest BCUT2D eigenvalue weighted by atomic mass is 10.2. The van der Waals surface area contributed by atoms with Crippen molar-refractivity contribution < 1.29 is 14.3 Å². The van der Waals surface area contributed by atoms with Crippen molar-refractivity contribution in [3.63, 3.8) is 0 Å². The van der Waals surface area contributed by atoms with Gasteiger partial charge in [-0.15, -0.1) is 10.2 Å². The van der Waals surface area contributed by atoms with Gasteiger partial charge in [0.2, 0.25) is 0 Å². The number of carbonyl (C=O) groups excluding carboxylic acids is 1. The molecule has 7 nitrogen and oxygen atoms in total. The quantitative estimate of drug-likeness (QED) is 0.486. The van der Waals surface area contributed by atoms with Crippen LogP contribution in [0.5, 0.6) is 11.5 Å². The van der Waals surface area contributed by atoms with Gasteiger partial charge in [-0.3, -0.25) is 4.79 Å². The molecule has 0 fully saturated rings. The van der Waals surface area contributed by atoms with Gasteiger partial charge < -0.3 is 9.47 Å². The number of methoxy groups -OCH3 is 1. The van der Waals surface area contributed by atoms with Gasteiger partial charge in [-0.1, -0.05) is 0 Å². The van der Waals surface area contributed by atoms with Gasteiger partial charge in [0.25, 0.3) is 0 Å². The fourth-order valence-electron chi connectivity index (χ4n) is 1.76. The van der Waals surface area contributed by atoms with Gasteiger partial charge in [-0.2, -0.15) is 5.10 Å². The lowest BCUT2D eigenvalue weighted by Gasteiger charge is -2.08. The SMILES string of the molecule is COc1cc(C=Nn2c(C)nnc2C)ccc1OC(C)=O. The lowest BCUT2D eigenvalue weighted by Crippen LogP contribution is -2.03. The van der Waals surface area contributed by atoms with Crippen molar-refractivity contribution in [2.24, 2.45) is 5.10 Å². The summed E-state index contributed by atoms with van der Waals surface area (Å²) in [5.74, 6) is 1.84. The zero-order valence-electron chi connectivity index (χ0n) is 12.3. The number of rotatable bonds is 4. The van der Waals surface area contributed by atoms with Crippen molar-refractivity contribution in [2.45, 2.75) is 20.8 Å². The van der Waals surface area contributed by atoms with E-state index in [0.717, 1.165) is 5.56 Å². The molecule has 0 aliphatic heterocycles. The monoisotopic (exact) mass is 288 g/mol. The Morgan fingerprint density at radius 1 is 1.24 bits per heavy atom. The Labute approximate surface area is 122 Å². The van der Waals surface area contributed by atoms with Crippen molar-refractivity contribution in [1.82, 2.24) is 14.9 Å². The molecule has 0 saturated carbocycles. The Hall–Kier alpha value is -2.70. The smallest absolute Gasteiger partial charge is 0.308 e. The summed E-state index contributed by atoms with van der Waals surface area (Å²) in [5, 5.41) is 12.2. The second-order valence-electron chi connectivity index (χ2n) is 4.35. The first-order valence-electron chi connectivity index (χ1n) is 6.30. The molecule has 0 spiro atoms. The van der Waals surface area contributed by atoms with E-state index in [2.05, 4.69) is 15.3 Å². The van der Waals surface area contributed by atoms with Crippen molar-refractivity contribution in [1.29, 1.82) is 0 Å². The number of carbonyl (C=O) groups is 1. The molecule has 0 unspecified atom stereocenters. The van der Waals surface area contributed by atoms with E-state index in [9.17, 15) is 4.79 Å². The third-order valence-electron chi connectivity index (χ3n) is 2.72. The predicted octanol–water partition coefficient (Wildman–Crippen LogP) is 1.71. The Morgan fingerprint density at radius 3 is 2.48 bits per heavy atom. The molecular formula is C14H16N4O3. The standard InChI is InChI=1S/C14H16N4O3/c1-9-16-17-10(2)18(9)15-8-12-5-6-13(21-11(3)19)14(7-12)20-4/h5-8H,1-4H3. The van der Waals surface area contributed by atoms with E-state index >= 15 is 0 Å². The summed E-state index contributed by atoms with van der Waals surface area (Å²) in [5.41, 5.74) is 0.801. The number of hydrogen-bond donors (Lipinski definition) is 0. The third kappa shape index (κ3) is 3.44. The molecule has 21 heavy (non-hydrogen) atoms. The van der Waals surface area contributed by atoms with Gasteiger partial charge in [0, 0.05) is 6.92 Å². The molecule has 2 aromatic rings. The summed E-state index contributed by atoms with van der Waals surface area (Å²) in [6.45, 7) is 4.98. The number of ether oxygens (including phenoxy) is 2. The average molecular weight is 288 g/mol.